The second kappa shape index (κ2) is 9.69. The van der Waals surface area contributed by atoms with Crippen LogP contribution in [0.25, 0.3) is 0 Å². The number of hydrogen-bond acceptors (Lipinski definition) is 5. The average molecular weight is 457 g/mol. The van der Waals surface area contributed by atoms with E-state index in [4.69, 9.17) is 19.6 Å². The second-order valence-corrected chi connectivity index (χ2v) is 8.78. The van der Waals surface area contributed by atoms with Gasteiger partial charge in [-0.25, -0.2) is 4.99 Å². The lowest BCUT2D eigenvalue weighted by atomic mass is 9.91. The number of aliphatic hydroxyl groups is 1. The SMILES string of the molecule is O=C1N(Cc2ccccc2)Cc2ccccc2C[C@]12COC(c1ccc(OCCCO)cc1)=N2. The summed E-state index contributed by atoms with van der Waals surface area (Å²) in [6, 6.07) is 25.8. The molecule has 0 bridgehead atoms. The molecule has 3 aromatic rings. The molecule has 6 nitrogen and oxygen atoms in total. The maximum absolute atomic E-state index is 13.9. The highest BCUT2D eigenvalue weighted by molar-refractivity contribution is 6.00. The molecule has 0 saturated heterocycles. The number of fused-ring (bicyclic) bond motifs is 1. The van der Waals surface area contributed by atoms with Gasteiger partial charge in [-0.1, -0.05) is 54.6 Å². The van der Waals surface area contributed by atoms with Crippen molar-refractivity contribution in [1.29, 1.82) is 0 Å². The Morgan fingerprint density at radius 1 is 0.971 bits per heavy atom. The molecule has 174 valence electrons. The molecule has 0 aromatic heterocycles. The van der Waals surface area contributed by atoms with Crippen molar-refractivity contribution in [3.05, 3.63) is 101 Å². The standard InChI is InChI=1S/C28H28N2O4/c31-15-6-16-33-25-13-11-22(12-14-25)26-29-28(20-34-26)17-23-9-4-5-10-24(23)19-30(27(28)32)18-21-7-2-1-3-8-21/h1-5,7-14,31H,6,15-20H2/t28-/m0/s1. The lowest BCUT2D eigenvalue weighted by Gasteiger charge is -2.28. The monoisotopic (exact) mass is 456 g/mol. The molecule has 5 rings (SSSR count). The highest BCUT2D eigenvalue weighted by Crippen LogP contribution is 2.34. The van der Waals surface area contributed by atoms with Gasteiger partial charge >= 0.3 is 0 Å². The van der Waals surface area contributed by atoms with Crippen molar-refractivity contribution in [3.8, 4) is 5.75 Å². The van der Waals surface area contributed by atoms with Crippen LogP contribution in [0, 0.1) is 0 Å². The van der Waals surface area contributed by atoms with Crippen LogP contribution in [0.15, 0.2) is 83.9 Å². The van der Waals surface area contributed by atoms with Crippen LogP contribution < -0.4 is 4.74 Å². The van der Waals surface area contributed by atoms with Crippen molar-refractivity contribution >= 4 is 11.8 Å². The summed E-state index contributed by atoms with van der Waals surface area (Å²) in [5.74, 6) is 1.19. The molecule has 0 radical (unpaired) electrons. The van der Waals surface area contributed by atoms with Crippen LogP contribution >= 0.6 is 0 Å². The summed E-state index contributed by atoms with van der Waals surface area (Å²) in [5, 5.41) is 8.91. The van der Waals surface area contributed by atoms with Crippen LogP contribution in [0.2, 0.25) is 0 Å². The normalized spacial score (nSPS) is 19.4. The van der Waals surface area contributed by atoms with E-state index in [-0.39, 0.29) is 19.1 Å². The molecular weight excluding hydrogens is 428 g/mol. The van der Waals surface area contributed by atoms with E-state index in [2.05, 4.69) is 12.1 Å². The molecule has 1 spiro atoms. The molecule has 1 N–H and O–H groups in total. The molecule has 0 fully saturated rings. The number of benzene rings is 3. The van der Waals surface area contributed by atoms with Gasteiger partial charge in [-0.15, -0.1) is 0 Å². The molecular formula is C28H28N2O4. The number of ether oxygens (including phenoxy) is 2. The summed E-state index contributed by atoms with van der Waals surface area (Å²) in [7, 11) is 0. The largest absolute Gasteiger partial charge is 0.494 e. The Bertz CT molecular complexity index is 1180. The third-order valence-electron chi connectivity index (χ3n) is 6.30. The Morgan fingerprint density at radius 3 is 2.47 bits per heavy atom. The molecule has 2 aliphatic heterocycles. The smallest absolute Gasteiger partial charge is 0.255 e. The number of hydrogen-bond donors (Lipinski definition) is 1. The van der Waals surface area contributed by atoms with Crippen LogP contribution in [0.3, 0.4) is 0 Å². The zero-order valence-corrected chi connectivity index (χ0v) is 19.0. The van der Waals surface area contributed by atoms with Gasteiger partial charge in [-0.3, -0.25) is 4.79 Å². The van der Waals surface area contributed by atoms with E-state index in [9.17, 15) is 4.79 Å². The number of carbonyl (C=O) groups is 1. The highest BCUT2D eigenvalue weighted by Gasteiger charge is 2.48. The molecule has 0 unspecified atom stereocenters. The minimum atomic E-state index is -0.979. The number of nitrogens with zero attached hydrogens (tertiary/aromatic N) is 2. The van der Waals surface area contributed by atoms with Gasteiger partial charge in [0.15, 0.2) is 5.54 Å². The van der Waals surface area contributed by atoms with E-state index in [1.807, 2.05) is 71.6 Å². The first-order valence-corrected chi connectivity index (χ1v) is 11.6. The second-order valence-electron chi connectivity index (χ2n) is 8.78. The maximum atomic E-state index is 13.9. The van der Waals surface area contributed by atoms with Gasteiger partial charge in [-0.05, 0) is 41.0 Å². The first-order chi connectivity index (χ1) is 16.7. The predicted octanol–water partition coefficient (Wildman–Crippen LogP) is 3.75. The van der Waals surface area contributed by atoms with Crippen molar-refractivity contribution in [3.63, 3.8) is 0 Å². The third-order valence-corrected chi connectivity index (χ3v) is 6.30. The van der Waals surface area contributed by atoms with Gasteiger partial charge in [0.25, 0.3) is 5.91 Å². The molecule has 34 heavy (non-hydrogen) atoms. The Labute approximate surface area is 199 Å². The summed E-state index contributed by atoms with van der Waals surface area (Å²) in [4.78, 5) is 20.7. The number of amides is 1. The molecule has 0 aliphatic carbocycles. The minimum Gasteiger partial charge on any atom is -0.494 e. The van der Waals surface area contributed by atoms with Crippen molar-refractivity contribution in [2.45, 2.75) is 31.5 Å². The molecule has 2 aliphatic rings. The van der Waals surface area contributed by atoms with Crippen molar-refractivity contribution < 1.29 is 19.4 Å². The van der Waals surface area contributed by atoms with Gasteiger partial charge in [0.2, 0.25) is 5.90 Å². The number of rotatable bonds is 7. The predicted molar refractivity (Wildman–Crippen MR) is 130 cm³/mol. The highest BCUT2D eigenvalue weighted by atomic mass is 16.5. The fourth-order valence-electron chi connectivity index (χ4n) is 4.52. The van der Waals surface area contributed by atoms with E-state index in [1.165, 1.54) is 0 Å². The van der Waals surface area contributed by atoms with E-state index in [0.29, 0.717) is 38.4 Å². The summed E-state index contributed by atoms with van der Waals surface area (Å²) >= 11 is 0. The molecule has 6 heteroatoms. The summed E-state index contributed by atoms with van der Waals surface area (Å²) in [6.07, 6.45) is 1.10. The van der Waals surface area contributed by atoms with Crippen molar-refractivity contribution in [2.75, 3.05) is 19.8 Å². The topological polar surface area (TPSA) is 71.4 Å². The van der Waals surface area contributed by atoms with E-state index < -0.39 is 5.54 Å². The first-order valence-electron chi connectivity index (χ1n) is 11.6. The molecule has 0 saturated carbocycles. The lowest BCUT2D eigenvalue weighted by molar-refractivity contribution is -0.138. The van der Waals surface area contributed by atoms with Gasteiger partial charge in [0.05, 0.1) is 6.61 Å². The minimum absolute atomic E-state index is 0.00786. The Balaban J connectivity index is 1.44. The zero-order valence-electron chi connectivity index (χ0n) is 19.0. The van der Waals surface area contributed by atoms with Gasteiger partial charge in [-0.2, -0.15) is 0 Å². The van der Waals surface area contributed by atoms with Crippen LogP contribution in [-0.4, -0.2) is 47.2 Å². The van der Waals surface area contributed by atoms with Crippen LogP contribution in [0.1, 0.15) is 28.7 Å². The van der Waals surface area contributed by atoms with Crippen molar-refractivity contribution in [1.82, 2.24) is 4.90 Å². The van der Waals surface area contributed by atoms with Gasteiger partial charge in [0, 0.05) is 38.1 Å². The van der Waals surface area contributed by atoms with Crippen LogP contribution in [0.4, 0.5) is 0 Å². The molecule has 2 heterocycles. The average Bonchev–Trinajstić information content (AvgIpc) is 3.26. The summed E-state index contributed by atoms with van der Waals surface area (Å²) in [5.41, 5.74) is 3.20. The lowest BCUT2D eigenvalue weighted by Crippen LogP contribution is -2.48. The van der Waals surface area contributed by atoms with E-state index in [1.54, 1.807) is 0 Å². The number of aliphatic imine (C=N–C) groups is 1. The molecule has 3 aromatic carbocycles. The maximum Gasteiger partial charge on any atom is 0.255 e. The Kier molecular flexibility index (Phi) is 6.32. The fourth-order valence-corrected chi connectivity index (χ4v) is 4.52. The molecule has 1 amide bonds. The molecule has 1 atom stereocenters. The quantitative estimate of drug-likeness (QED) is 0.550. The Hall–Kier alpha value is -3.64. The third kappa shape index (κ3) is 4.54. The van der Waals surface area contributed by atoms with E-state index >= 15 is 0 Å². The Morgan fingerprint density at radius 2 is 1.71 bits per heavy atom. The van der Waals surface area contributed by atoms with Gasteiger partial charge in [0.1, 0.15) is 12.4 Å². The van der Waals surface area contributed by atoms with Gasteiger partial charge < -0.3 is 19.5 Å². The van der Waals surface area contributed by atoms with E-state index in [0.717, 1.165) is 28.0 Å². The summed E-state index contributed by atoms with van der Waals surface area (Å²) in [6.45, 7) is 1.86. The van der Waals surface area contributed by atoms with Crippen LogP contribution in [0.5, 0.6) is 5.75 Å². The van der Waals surface area contributed by atoms with Crippen molar-refractivity contribution in [2.24, 2.45) is 4.99 Å². The zero-order chi connectivity index (χ0) is 23.4. The number of carbonyl (C=O) groups excluding carboxylic acids is 1. The fraction of sp³-hybridized carbons (Fsp3) is 0.286. The summed E-state index contributed by atoms with van der Waals surface area (Å²) < 4.78 is 11.7. The first kappa shape index (κ1) is 22.2. The van der Waals surface area contributed by atoms with Crippen LogP contribution in [-0.2, 0) is 29.0 Å². The number of aliphatic hydroxyl groups excluding tert-OH is 1.